The summed E-state index contributed by atoms with van der Waals surface area (Å²) in [6, 6.07) is -0.305. The fourth-order valence-corrected chi connectivity index (χ4v) is 2.40. The van der Waals surface area contributed by atoms with E-state index in [-0.39, 0.29) is 36.1 Å². The Bertz CT molecular complexity index is 434. The highest BCUT2D eigenvalue weighted by Crippen LogP contribution is 2.12. The molecule has 0 aliphatic carbocycles. The smallest absolute Gasteiger partial charge is 0.322 e. The molecule has 2 saturated heterocycles. The second kappa shape index (κ2) is 9.09. The maximum Gasteiger partial charge on any atom is 0.322 e. The lowest BCUT2D eigenvalue weighted by molar-refractivity contribution is -0.143. The third kappa shape index (κ3) is 5.07. The van der Waals surface area contributed by atoms with E-state index in [0.717, 1.165) is 25.7 Å². The molecule has 0 saturated carbocycles. The fraction of sp³-hybridized carbons (Fsp3) is 0.625. The number of hydrogen-bond donors (Lipinski definition) is 2. The molecule has 0 radical (unpaired) electrons. The minimum Gasteiger partial charge on any atom is -0.468 e. The Morgan fingerprint density at radius 1 is 0.864 bits per heavy atom. The first-order valence-electron chi connectivity index (χ1n) is 7.15. The van der Waals surface area contributed by atoms with E-state index in [0.29, 0.717) is 0 Å². The number of terminal acetylenes is 2. The molecular formula is C16H22N2O4. The molecule has 2 N–H and O–H groups in total. The van der Waals surface area contributed by atoms with Gasteiger partial charge in [-0.2, -0.15) is 0 Å². The molecule has 2 fully saturated rings. The SMILES string of the molecule is C#C[C@@H]1CCC(C(=O)OC)N1.C#C[C@H]1CCC(C(=O)OC)N1. The van der Waals surface area contributed by atoms with Crippen molar-refractivity contribution < 1.29 is 19.1 Å². The zero-order valence-electron chi connectivity index (χ0n) is 12.9. The summed E-state index contributed by atoms with van der Waals surface area (Å²) >= 11 is 0. The summed E-state index contributed by atoms with van der Waals surface area (Å²) in [5, 5.41) is 5.96. The Morgan fingerprint density at radius 2 is 1.23 bits per heavy atom. The first-order chi connectivity index (χ1) is 10.5. The molecule has 22 heavy (non-hydrogen) atoms. The standard InChI is InChI=1S/2C8H11NO2/c2*1-3-6-4-5-7(9-6)8(10)11-2/h2*1,6-7,9H,4-5H2,2H3/t2*6-,7?/m10/s1. The minimum absolute atomic E-state index is 0.0408. The van der Waals surface area contributed by atoms with Crippen LogP contribution in [-0.2, 0) is 19.1 Å². The summed E-state index contributed by atoms with van der Waals surface area (Å²) in [7, 11) is 2.76. The van der Waals surface area contributed by atoms with Crippen molar-refractivity contribution in [2.24, 2.45) is 0 Å². The number of carbonyl (C=O) groups excluding carboxylic acids is 2. The van der Waals surface area contributed by atoms with Gasteiger partial charge in [0.1, 0.15) is 12.1 Å². The van der Waals surface area contributed by atoms with E-state index in [4.69, 9.17) is 12.8 Å². The molecule has 2 heterocycles. The van der Waals surface area contributed by atoms with E-state index in [1.165, 1.54) is 14.2 Å². The summed E-state index contributed by atoms with van der Waals surface area (Å²) in [6.07, 6.45) is 13.6. The molecule has 2 aliphatic rings. The highest BCUT2D eigenvalue weighted by atomic mass is 16.5. The lowest BCUT2D eigenvalue weighted by atomic mass is 10.2. The molecule has 0 spiro atoms. The first-order valence-corrected chi connectivity index (χ1v) is 7.15. The molecule has 0 aromatic rings. The van der Waals surface area contributed by atoms with Gasteiger partial charge in [-0.25, -0.2) is 0 Å². The molecule has 2 unspecified atom stereocenters. The van der Waals surface area contributed by atoms with Crippen LogP contribution in [0.2, 0.25) is 0 Å². The van der Waals surface area contributed by atoms with Crippen molar-refractivity contribution in [3.8, 4) is 24.7 Å². The number of esters is 2. The van der Waals surface area contributed by atoms with Crippen LogP contribution in [0, 0.1) is 24.7 Å². The van der Waals surface area contributed by atoms with Gasteiger partial charge in [0.15, 0.2) is 0 Å². The maximum atomic E-state index is 10.9. The number of carbonyl (C=O) groups is 2. The fourth-order valence-electron chi connectivity index (χ4n) is 2.40. The van der Waals surface area contributed by atoms with E-state index in [1.807, 2.05) is 0 Å². The van der Waals surface area contributed by atoms with Gasteiger partial charge in [0, 0.05) is 0 Å². The van der Waals surface area contributed by atoms with Gasteiger partial charge >= 0.3 is 11.9 Å². The molecule has 0 amide bonds. The van der Waals surface area contributed by atoms with Crippen molar-refractivity contribution in [3.05, 3.63) is 0 Å². The van der Waals surface area contributed by atoms with E-state index < -0.39 is 0 Å². The van der Waals surface area contributed by atoms with Crippen LogP contribution in [0.5, 0.6) is 0 Å². The van der Waals surface area contributed by atoms with Gasteiger partial charge in [-0.3, -0.25) is 20.2 Å². The monoisotopic (exact) mass is 306 g/mol. The van der Waals surface area contributed by atoms with Gasteiger partial charge < -0.3 is 9.47 Å². The first kappa shape index (κ1) is 18.0. The van der Waals surface area contributed by atoms with E-state index in [2.05, 4.69) is 31.9 Å². The maximum absolute atomic E-state index is 10.9. The van der Waals surface area contributed by atoms with Crippen LogP contribution in [-0.4, -0.2) is 50.3 Å². The molecule has 0 bridgehead atoms. The normalized spacial score (nSPS) is 29.5. The summed E-state index contributed by atoms with van der Waals surface area (Å²) in [6.45, 7) is 0. The number of ether oxygens (including phenoxy) is 2. The molecule has 0 aromatic carbocycles. The molecular weight excluding hydrogens is 284 g/mol. The van der Waals surface area contributed by atoms with Crippen LogP contribution in [0.3, 0.4) is 0 Å². The van der Waals surface area contributed by atoms with E-state index in [1.54, 1.807) is 0 Å². The second-order valence-corrected chi connectivity index (χ2v) is 5.08. The molecule has 6 nitrogen and oxygen atoms in total. The average Bonchev–Trinajstić information content (AvgIpc) is 3.22. The van der Waals surface area contributed by atoms with E-state index >= 15 is 0 Å². The summed E-state index contributed by atoms with van der Waals surface area (Å²) in [5.74, 6) is 4.67. The zero-order chi connectivity index (χ0) is 16.5. The van der Waals surface area contributed by atoms with Crippen molar-refractivity contribution in [2.45, 2.75) is 49.9 Å². The molecule has 4 atom stereocenters. The van der Waals surface area contributed by atoms with Crippen molar-refractivity contribution in [2.75, 3.05) is 14.2 Å². The number of nitrogens with one attached hydrogen (secondary N) is 2. The molecule has 6 heteroatoms. The van der Waals surface area contributed by atoms with Gasteiger partial charge in [-0.1, -0.05) is 11.8 Å². The summed E-state index contributed by atoms with van der Waals surface area (Å²) in [4.78, 5) is 21.8. The lowest BCUT2D eigenvalue weighted by Gasteiger charge is -2.07. The molecule has 0 aromatic heterocycles. The topological polar surface area (TPSA) is 76.7 Å². The van der Waals surface area contributed by atoms with Crippen molar-refractivity contribution >= 4 is 11.9 Å². The average molecular weight is 306 g/mol. The predicted molar refractivity (Wildman–Crippen MR) is 81.6 cm³/mol. The van der Waals surface area contributed by atoms with Crippen molar-refractivity contribution in [1.29, 1.82) is 0 Å². The second-order valence-electron chi connectivity index (χ2n) is 5.08. The zero-order valence-corrected chi connectivity index (χ0v) is 12.9. The Labute approximate surface area is 131 Å². The lowest BCUT2D eigenvalue weighted by Crippen LogP contribution is -2.35. The van der Waals surface area contributed by atoms with Crippen LogP contribution < -0.4 is 10.6 Å². The van der Waals surface area contributed by atoms with Gasteiger partial charge in [0.2, 0.25) is 0 Å². The van der Waals surface area contributed by atoms with E-state index in [9.17, 15) is 9.59 Å². The van der Waals surface area contributed by atoms with Crippen LogP contribution >= 0.6 is 0 Å². The van der Waals surface area contributed by atoms with Crippen LogP contribution in [0.25, 0.3) is 0 Å². The quantitative estimate of drug-likeness (QED) is 0.545. The predicted octanol–water partition coefficient (Wildman–Crippen LogP) is -0.174. The third-order valence-corrected chi connectivity index (χ3v) is 3.67. The largest absolute Gasteiger partial charge is 0.468 e. The molecule has 120 valence electrons. The Kier molecular flexibility index (Phi) is 7.45. The van der Waals surface area contributed by atoms with Crippen LogP contribution in [0.15, 0.2) is 0 Å². The number of methoxy groups -OCH3 is 2. The van der Waals surface area contributed by atoms with Gasteiger partial charge in [0.25, 0.3) is 0 Å². The van der Waals surface area contributed by atoms with Gasteiger partial charge in [0.05, 0.1) is 26.3 Å². The summed E-state index contributed by atoms with van der Waals surface area (Å²) < 4.78 is 9.11. The van der Waals surface area contributed by atoms with Crippen molar-refractivity contribution in [3.63, 3.8) is 0 Å². The molecule has 2 aliphatic heterocycles. The van der Waals surface area contributed by atoms with Gasteiger partial charge in [-0.15, -0.1) is 12.8 Å². The highest BCUT2D eigenvalue weighted by molar-refractivity contribution is 5.76. The molecule has 2 rings (SSSR count). The van der Waals surface area contributed by atoms with Crippen molar-refractivity contribution in [1.82, 2.24) is 10.6 Å². The number of rotatable bonds is 2. The highest BCUT2D eigenvalue weighted by Gasteiger charge is 2.28. The van der Waals surface area contributed by atoms with Crippen LogP contribution in [0.1, 0.15) is 25.7 Å². The summed E-state index contributed by atoms with van der Waals surface area (Å²) in [5.41, 5.74) is 0. The Balaban J connectivity index is 0.000000220. The third-order valence-electron chi connectivity index (χ3n) is 3.67. The Morgan fingerprint density at radius 3 is 1.45 bits per heavy atom. The Hall–Kier alpha value is -2.02. The number of hydrogen-bond acceptors (Lipinski definition) is 6. The van der Waals surface area contributed by atoms with Crippen LogP contribution in [0.4, 0.5) is 0 Å². The van der Waals surface area contributed by atoms with Gasteiger partial charge in [-0.05, 0) is 25.7 Å². The minimum atomic E-state index is -0.220.